The molecule has 0 aliphatic carbocycles. The largest absolute Gasteiger partial charge is 0.478 e. The van der Waals surface area contributed by atoms with E-state index >= 15 is 0 Å². The van der Waals surface area contributed by atoms with Gasteiger partial charge in [-0.25, -0.2) is 4.79 Å². The van der Waals surface area contributed by atoms with Gasteiger partial charge >= 0.3 is 5.97 Å². The van der Waals surface area contributed by atoms with E-state index in [9.17, 15) is 4.79 Å². The van der Waals surface area contributed by atoms with E-state index in [-0.39, 0.29) is 0 Å². The minimum absolute atomic E-state index is 0.467. The Kier molecular flexibility index (Phi) is 6.29. The van der Waals surface area contributed by atoms with E-state index in [0.717, 1.165) is 12.8 Å². The first-order valence-corrected chi connectivity index (χ1v) is 5.01. The lowest BCUT2D eigenvalue weighted by Crippen LogP contribution is -2.00. The van der Waals surface area contributed by atoms with Gasteiger partial charge in [-0.3, -0.25) is 0 Å². The zero-order valence-corrected chi connectivity index (χ0v) is 8.84. The molecule has 0 saturated carbocycles. The Labute approximate surface area is 80.7 Å². The lowest BCUT2D eigenvalue weighted by molar-refractivity contribution is -0.132. The molecule has 2 heteroatoms. The molecule has 76 valence electrons. The van der Waals surface area contributed by atoms with Gasteiger partial charge in [-0.05, 0) is 19.3 Å². The van der Waals surface area contributed by atoms with Crippen LogP contribution in [0.4, 0.5) is 0 Å². The van der Waals surface area contributed by atoms with Crippen LogP contribution in [-0.4, -0.2) is 11.1 Å². The molecular formula is C11H20O2. The summed E-state index contributed by atoms with van der Waals surface area (Å²) in [5.41, 5.74) is 0.467. The van der Waals surface area contributed by atoms with Gasteiger partial charge in [-0.1, -0.05) is 39.2 Å². The van der Waals surface area contributed by atoms with Gasteiger partial charge in [0.2, 0.25) is 0 Å². The Bertz CT molecular complexity index is 183. The summed E-state index contributed by atoms with van der Waals surface area (Å²) < 4.78 is 0. The summed E-state index contributed by atoms with van der Waals surface area (Å²) in [6.45, 7) is 5.97. The summed E-state index contributed by atoms with van der Waals surface area (Å²) in [6, 6.07) is 0. The third-order valence-electron chi connectivity index (χ3n) is 2.37. The molecule has 0 aromatic heterocycles. The van der Waals surface area contributed by atoms with Crippen LogP contribution in [0.1, 0.15) is 46.5 Å². The van der Waals surface area contributed by atoms with Crippen LogP contribution >= 0.6 is 0 Å². The number of allylic oxidation sites excluding steroid dienone is 1. The molecular weight excluding hydrogens is 164 g/mol. The van der Waals surface area contributed by atoms with Crippen molar-refractivity contribution >= 4 is 5.97 Å². The Hall–Kier alpha value is -0.790. The van der Waals surface area contributed by atoms with Crippen LogP contribution in [0.5, 0.6) is 0 Å². The fraction of sp³-hybridized carbons (Fsp3) is 0.727. The molecule has 0 fully saturated rings. The first-order valence-electron chi connectivity index (χ1n) is 5.01. The lowest BCUT2D eigenvalue weighted by Gasteiger charge is -2.10. The Balaban J connectivity index is 3.95. The molecule has 1 unspecified atom stereocenters. The molecule has 2 nitrogen and oxygen atoms in total. The fourth-order valence-corrected chi connectivity index (χ4v) is 1.33. The van der Waals surface area contributed by atoms with Crippen molar-refractivity contribution in [3.05, 3.63) is 11.6 Å². The topological polar surface area (TPSA) is 37.3 Å². The van der Waals surface area contributed by atoms with Crippen molar-refractivity contribution < 1.29 is 9.90 Å². The second kappa shape index (κ2) is 6.70. The Morgan fingerprint density at radius 3 is 2.46 bits per heavy atom. The van der Waals surface area contributed by atoms with E-state index < -0.39 is 5.97 Å². The van der Waals surface area contributed by atoms with Gasteiger partial charge in [0.1, 0.15) is 0 Å². The second-order valence-corrected chi connectivity index (χ2v) is 3.49. The quantitative estimate of drug-likeness (QED) is 0.643. The minimum Gasteiger partial charge on any atom is -0.478 e. The maximum absolute atomic E-state index is 10.5. The zero-order valence-electron chi connectivity index (χ0n) is 8.84. The zero-order chi connectivity index (χ0) is 10.3. The summed E-state index contributed by atoms with van der Waals surface area (Å²) in [5.74, 6) is -0.148. The number of rotatable bonds is 6. The van der Waals surface area contributed by atoms with Crippen LogP contribution in [0.2, 0.25) is 0 Å². The highest BCUT2D eigenvalue weighted by atomic mass is 16.4. The molecule has 0 spiro atoms. The van der Waals surface area contributed by atoms with E-state index in [0.29, 0.717) is 11.5 Å². The predicted octanol–water partition coefficient (Wildman–Crippen LogP) is 3.23. The molecule has 1 atom stereocenters. The molecule has 0 aromatic carbocycles. The standard InChI is InChI=1S/C11H20O2/c1-4-6-10(5-2)8-7-9(3)11(12)13/h7,10H,4-6,8H2,1-3H3,(H,12,13)/b9-7+. The molecule has 1 N–H and O–H groups in total. The lowest BCUT2D eigenvalue weighted by atomic mass is 9.96. The summed E-state index contributed by atoms with van der Waals surface area (Å²) >= 11 is 0. The predicted molar refractivity (Wildman–Crippen MR) is 54.7 cm³/mol. The van der Waals surface area contributed by atoms with Crippen molar-refractivity contribution in [2.24, 2.45) is 5.92 Å². The van der Waals surface area contributed by atoms with Gasteiger partial charge in [0.15, 0.2) is 0 Å². The molecule has 0 saturated heterocycles. The third kappa shape index (κ3) is 5.45. The van der Waals surface area contributed by atoms with Gasteiger partial charge in [-0.15, -0.1) is 0 Å². The van der Waals surface area contributed by atoms with Gasteiger partial charge in [0.25, 0.3) is 0 Å². The van der Waals surface area contributed by atoms with E-state index in [2.05, 4.69) is 13.8 Å². The maximum atomic E-state index is 10.5. The van der Waals surface area contributed by atoms with Crippen molar-refractivity contribution in [2.75, 3.05) is 0 Å². The average Bonchev–Trinajstić information content (AvgIpc) is 2.11. The number of carboxylic acids is 1. The van der Waals surface area contributed by atoms with Crippen molar-refractivity contribution in [3.8, 4) is 0 Å². The first-order chi connectivity index (χ1) is 6.11. The summed E-state index contributed by atoms with van der Waals surface area (Å²) in [6.07, 6.45) is 6.25. The number of carbonyl (C=O) groups is 1. The van der Waals surface area contributed by atoms with Crippen molar-refractivity contribution in [1.29, 1.82) is 0 Å². The highest BCUT2D eigenvalue weighted by Gasteiger charge is 2.04. The molecule has 0 amide bonds. The third-order valence-corrected chi connectivity index (χ3v) is 2.37. The molecule has 0 bridgehead atoms. The monoisotopic (exact) mass is 184 g/mol. The Morgan fingerprint density at radius 1 is 1.46 bits per heavy atom. The van der Waals surface area contributed by atoms with Gasteiger partial charge in [-0.2, -0.15) is 0 Å². The molecule has 0 aromatic rings. The van der Waals surface area contributed by atoms with Crippen LogP contribution in [0.15, 0.2) is 11.6 Å². The molecule has 0 radical (unpaired) electrons. The number of carboxylic acid groups (broad SMARTS) is 1. The molecule has 13 heavy (non-hydrogen) atoms. The van der Waals surface area contributed by atoms with Crippen molar-refractivity contribution in [3.63, 3.8) is 0 Å². The first kappa shape index (κ1) is 12.2. The van der Waals surface area contributed by atoms with Crippen LogP contribution in [0.3, 0.4) is 0 Å². The minimum atomic E-state index is -0.800. The maximum Gasteiger partial charge on any atom is 0.330 e. The number of hydrogen-bond acceptors (Lipinski definition) is 1. The molecule has 0 aliphatic rings. The van der Waals surface area contributed by atoms with Crippen LogP contribution < -0.4 is 0 Å². The van der Waals surface area contributed by atoms with Crippen molar-refractivity contribution in [2.45, 2.75) is 46.5 Å². The highest BCUT2D eigenvalue weighted by Crippen LogP contribution is 2.16. The van der Waals surface area contributed by atoms with E-state index in [1.165, 1.54) is 12.8 Å². The van der Waals surface area contributed by atoms with Gasteiger partial charge in [0.05, 0.1) is 0 Å². The number of hydrogen-bond donors (Lipinski definition) is 1. The highest BCUT2D eigenvalue weighted by molar-refractivity contribution is 5.85. The van der Waals surface area contributed by atoms with Crippen LogP contribution in [-0.2, 0) is 4.79 Å². The van der Waals surface area contributed by atoms with Gasteiger partial charge < -0.3 is 5.11 Å². The summed E-state index contributed by atoms with van der Waals surface area (Å²) in [7, 11) is 0. The Morgan fingerprint density at radius 2 is 2.08 bits per heavy atom. The van der Waals surface area contributed by atoms with Gasteiger partial charge in [0, 0.05) is 5.57 Å². The average molecular weight is 184 g/mol. The smallest absolute Gasteiger partial charge is 0.330 e. The summed E-state index contributed by atoms with van der Waals surface area (Å²) in [4.78, 5) is 10.5. The molecule has 0 rings (SSSR count). The SMILES string of the molecule is CCCC(CC)C/C=C(\C)C(=O)O. The fourth-order valence-electron chi connectivity index (χ4n) is 1.33. The normalized spacial score (nSPS) is 14.2. The van der Waals surface area contributed by atoms with E-state index in [1.807, 2.05) is 6.08 Å². The molecule has 0 heterocycles. The molecule has 0 aliphatic heterocycles. The summed E-state index contributed by atoms with van der Waals surface area (Å²) in [5, 5.41) is 8.63. The van der Waals surface area contributed by atoms with Crippen molar-refractivity contribution in [1.82, 2.24) is 0 Å². The van der Waals surface area contributed by atoms with E-state index in [4.69, 9.17) is 5.11 Å². The van der Waals surface area contributed by atoms with Crippen LogP contribution in [0.25, 0.3) is 0 Å². The number of aliphatic carboxylic acids is 1. The van der Waals surface area contributed by atoms with E-state index in [1.54, 1.807) is 6.92 Å². The second-order valence-electron chi connectivity index (χ2n) is 3.49. The van der Waals surface area contributed by atoms with Crippen LogP contribution in [0, 0.1) is 5.92 Å².